The van der Waals surface area contributed by atoms with Crippen molar-refractivity contribution in [1.29, 1.82) is 0 Å². The summed E-state index contributed by atoms with van der Waals surface area (Å²) in [6.45, 7) is 0. The summed E-state index contributed by atoms with van der Waals surface area (Å²) in [7, 11) is 0. The molecule has 2 rings (SSSR count). The maximum atomic E-state index is 5.53. The second kappa shape index (κ2) is 3.26. The Hall–Kier alpha value is -1.23. The van der Waals surface area contributed by atoms with Crippen LogP contribution in [-0.4, -0.2) is 21.2 Å². The van der Waals surface area contributed by atoms with Crippen molar-refractivity contribution in [2.45, 2.75) is 18.9 Å². The van der Waals surface area contributed by atoms with Crippen LogP contribution >= 0.6 is 12.2 Å². The zero-order valence-corrected chi connectivity index (χ0v) is 7.84. The average Bonchev–Trinajstić information content (AvgIpc) is 2.89. The van der Waals surface area contributed by atoms with E-state index in [0.29, 0.717) is 16.8 Å². The molecule has 1 fully saturated rings. The van der Waals surface area contributed by atoms with Gasteiger partial charge in [-0.2, -0.15) is 5.10 Å². The molecule has 1 aliphatic carbocycles. The lowest BCUT2D eigenvalue weighted by atomic mass is 10.3. The topological polar surface area (TPSA) is 63.8 Å². The van der Waals surface area contributed by atoms with Crippen LogP contribution in [-0.2, 0) is 0 Å². The fourth-order valence-electron chi connectivity index (χ4n) is 1.06. The van der Waals surface area contributed by atoms with E-state index in [1.54, 1.807) is 12.3 Å². The van der Waals surface area contributed by atoms with Gasteiger partial charge in [0.25, 0.3) is 0 Å². The first-order valence-electron chi connectivity index (χ1n) is 4.15. The van der Waals surface area contributed by atoms with Crippen LogP contribution < -0.4 is 11.1 Å². The van der Waals surface area contributed by atoms with Crippen molar-refractivity contribution in [1.82, 2.24) is 10.2 Å². The molecule has 0 radical (unpaired) electrons. The third-order valence-electron chi connectivity index (χ3n) is 1.90. The molecule has 0 amide bonds. The Morgan fingerprint density at radius 1 is 1.62 bits per heavy atom. The highest BCUT2D eigenvalue weighted by Crippen LogP contribution is 2.24. The van der Waals surface area contributed by atoms with Crippen molar-refractivity contribution >= 4 is 23.0 Å². The van der Waals surface area contributed by atoms with Gasteiger partial charge in [-0.1, -0.05) is 12.2 Å². The van der Waals surface area contributed by atoms with E-state index in [9.17, 15) is 0 Å². The van der Waals surface area contributed by atoms with Gasteiger partial charge >= 0.3 is 0 Å². The molecular formula is C8H10N4S. The summed E-state index contributed by atoms with van der Waals surface area (Å²) in [5.74, 6) is 0.706. The van der Waals surface area contributed by atoms with Crippen LogP contribution in [0.15, 0.2) is 12.3 Å². The maximum Gasteiger partial charge on any atom is 0.159 e. The molecular weight excluding hydrogens is 184 g/mol. The first-order chi connectivity index (χ1) is 6.27. The van der Waals surface area contributed by atoms with Crippen LogP contribution in [0, 0.1) is 0 Å². The minimum absolute atomic E-state index is 0.359. The zero-order chi connectivity index (χ0) is 9.26. The Morgan fingerprint density at radius 2 is 2.38 bits per heavy atom. The fraction of sp³-hybridized carbons (Fsp3) is 0.375. The highest BCUT2D eigenvalue weighted by Gasteiger charge is 2.22. The molecule has 4 nitrogen and oxygen atoms in total. The van der Waals surface area contributed by atoms with E-state index >= 15 is 0 Å². The number of aromatic nitrogens is 2. The summed E-state index contributed by atoms with van der Waals surface area (Å²) < 4.78 is 0. The van der Waals surface area contributed by atoms with Crippen molar-refractivity contribution in [2.75, 3.05) is 5.32 Å². The van der Waals surface area contributed by atoms with Crippen LogP contribution in [0.2, 0.25) is 0 Å². The molecule has 0 saturated heterocycles. The van der Waals surface area contributed by atoms with E-state index in [4.69, 9.17) is 18.0 Å². The van der Waals surface area contributed by atoms with Crippen molar-refractivity contribution in [3.05, 3.63) is 17.8 Å². The number of thiocarbonyl (C=S) groups is 1. The summed E-state index contributed by atoms with van der Waals surface area (Å²) >= 11 is 4.89. The van der Waals surface area contributed by atoms with E-state index in [1.807, 2.05) is 0 Å². The van der Waals surface area contributed by atoms with E-state index in [1.165, 1.54) is 12.8 Å². The van der Waals surface area contributed by atoms with Gasteiger partial charge in [0, 0.05) is 6.04 Å². The number of nitrogens with two attached hydrogens (primary N) is 1. The van der Waals surface area contributed by atoms with Crippen molar-refractivity contribution < 1.29 is 0 Å². The lowest BCUT2D eigenvalue weighted by Crippen LogP contribution is -2.15. The summed E-state index contributed by atoms with van der Waals surface area (Å²) in [5.41, 5.74) is 6.31. The summed E-state index contributed by atoms with van der Waals surface area (Å²) in [4.78, 5) is 0.359. The smallest absolute Gasteiger partial charge is 0.159 e. The molecule has 3 N–H and O–H groups in total. The number of rotatable bonds is 3. The van der Waals surface area contributed by atoms with Gasteiger partial charge in [0.15, 0.2) is 5.82 Å². The van der Waals surface area contributed by atoms with Crippen molar-refractivity contribution in [3.8, 4) is 0 Å². The molecule has 1 aromatic heterocycles. The zero-order valence-electron chi connectivity index (χ0n) is 7.03. The molecule has 68 valence electrons. The Labute approximate surface area is 81.5 Å². The Morgan fingerprint density at radius 3 is 3.00 bits per heavy atom. The molecule has 0 spiro atoms. The number of hydrogen-bond donors (Lipinski definition) is 2. The first-order valence-corrected chi connectivity index (χ1v) is 4.56. The minimum atomic E-state index is 0.359. The van der Waals surface area contributed by atoms with Crippen LogP contribution in [0.3, 0.4) is 0 Å². The largest absolute Gasteiger partial charge is 0.389 e. The highest BCUT2D eigenvalue weighted by atomic mass is 32.1. The van der Waals surface area contributed by atoms with Gasteiger partial charge in [-0.15, -0.1) is 5.10 Å². The number of hydrogen-bond acceptors (Lipinski definition) is 4. The molecule has 1 saturated carbocycles. The fourth-order valence-corrected chi connectivity index (χ4v) is 1.22. The molecule has 0 bridgehead atoms. The Kier molecular flexibility index (Phi) is 2.10. The number of anilines is 1. The predicted molar refractivity (Wildman–Crippen MR) is 54.6 cm³/mol. The predicted octanol–water partition coefficient (Wildman–Crippen LogP) is 0.685. The lowest BCUT2D eigenvalue weighted by molar-refractivity contribution is 0.995. The molecule has 1 heterocycles. The molecule has 13 heavy (non-hydrogen) atoms. The molecule has 0 aliphatic heterocycles. The highest BCUT2D eigenvalue weighted by molar-refractivity contribution is 7.80. The number of nitrogens with one attached hydrogen (secondary N) is 1. The van der Waals surface area contributed by atoms with E-state index in [2.05, 4.69) is 15.5 Å². The van der Waals surface area contributed by atoms with Crippen LogP contribution in [0.5, 0.6) is 0 Å². The first kappa shape index (κ1) is 8.37. The quantitative estimate of drug-likeness (QED) is 0.693. The second-order valence-electron chi connectivity index (χ2n) is 3.08. The standard InChI is InChI=1S/C8H10N4S/c9-7(13)6-3-4-10-12-8(6)11-5-1-2-5/h3-5H,1-2H2,(H2,9,13)(H,11,12). The van der Waals surface area contributed by atoms with Crippen molar-refractivity contribution in [3.63, 3.8) is 0 Å². The van der Waals surface area contributed by atoms with E-state index in [-0.39, 0.29) is 0 Å². The van der Waals surface area contributed by atoms with Crippen LogP contribution in [0.4, 0.5) is 5.82 Å². The van der Waals surface area contributed by atoms with Crippen LogP contribution in [0.25, 0.3) is 0 Å². The summed E-state index contributed by atoms with van der Waals surface area (Å²) in [5, 5.41) is 11.0. The monoisotopic (exact) mass is 194 g/mol. The average molecular weight is 194 g/mol. The SMILES string of the molecule is NC(=S)c1ccnnc1NC1CC1. The Balaban J connectivity index is 2.25. The van der Waals surface area contributed by atoms with Gasteiger partial charge in [-0.25, -0.2) is 0 Å². The number of nitrogens with zero attached hydrogens (tertiary/aromatic N) is 2. The van der Waals surface area contributed by atoms with Gasteiger partial charge in [0.2, 0.25) is 0 Å². The molecule has 0 aromatic carbocycles. The minimum Gasteiger partial charge on any atom is -0.389 e. The molecule has 1 aromatic rings. The lowest BCUT2D eigenvalue weighted by Gasteiger charge is -2.06. The van der Waals surface area contributed by atoms with Gasteiger partial charge in [-0.3, -0.25) is 0 Å². The molecule has 1 aliphatic rings. The van der Waals surface area contributed by atoms with E-state index < -0.39 is 0 Å². The molecule has 0 unspecified atom stereocenters. The Bertz CT molecular complexity index is 335. The maximum absolute atomic E-state index is 5.53. The summed E-state index contributed by atoms with van der Waals surface area (Å²) in [6.07, 6.45) is 3.97. The van der Waals surface area contributed by atoms with Crippen LogP contribution in [0.1, 0.15) is 18.4 Å². The van der Waals surface area contributed by atoms with E-state index in [0.717, 1.165) is 5.56 Å². The van der Waals surface area contributed by atoms with Gasteiger partial charge < -0.3 is 11.1 Å². The third kappa shape index (κ3) is 1.92. The normalized spacial score (nSPS) is 15.4. The third-order valence-corrected chi connectivity index (χ3v) is 2.12. The second-order valence-corrected chi connectivity index (χ2v) is 3.52. The molecule has 0 atom stereocenters. The van der Waals surface area contributed by atoms with Gasteiger partial charge in [0.1, 0.15) is 4.99 Å². The van der Waals surface area contributed by atoms with Crippen molar-refractivity contribution in [2.24, 2.45) is 5.73 Å². The molecule has 5 heteroatoms. The van der Waals surface area contributed by atoms with Gasteiger partial charge in [-0.05, 0) is 18.9 Å². The van der Waals surface area contributed by atoms with Gasteiger partial charge in [0.05, 0.1) is 11.8 Å². The summed E-state index contributed by atoms with van der Waals surface area (Å²) in [6, 6.07) is 2.31.